The second-order valence-electron chi connectivity index (χ2n) is 4.91. The molecular formula is C18H21NO2. The molecular weight excluding hydrogens is 262 g/mol. The lowest BCUT2D eigenvalue weighted by atomic mass is 10.1. The summed E-state index contributed by atoms with van der Waals surface area (Å²) >= 11 is 0. The third-order valence-corrected chi connectivity index (χ3v) is 3.43. The highest BCUT2D eigenvalue weighted by molar-refractivity contribution is 5.96. The number of nitrogens with one attached hydrogen (secondary N) is 1. The van der Waals surface area contributed by atoms with Crippen LogP contribution in [0.5, 0.6) is 0 Å². The van der Waals surface area contributed by atoms with Gasteiger partial charge in [-0.1, -0.05) is 31.2 Å². The summed E-state index contributed by atoms with van der Waals surface area (Å²) in [5.41, 5.74) is 4.18. The van der Waals surface area contributed by atoms with Gasteiger partial charge in [0.2, 0.25) is 0 Å². The van der Waals surface area contributed by atoms with Crippen LogP contribution >= 0.6 is 0 Å². The van der Waals surface area contributed by atoms with E-state index in [-0.39, 0.29) is 5.78 Å². The van der Waals surface area contributed by atoms with Gasteiger partial charge in [-0.25, -0.2) is 0 Å². The molecule has 2 aromatic carbocycles. The van der Waals surface area contributed by atoms with Crippen molar-refractivity contribution in [3.05, 3.63) is 65.2 Å². The minimum atomic E-state index is 0.173. The molecule has 0 aliphatic rings. The Morgan fingerprint density at radius 2 is 1.71 bits per heavy atom. The van der Waals surface area contributed by atoms with Crippen molar-refractivity contribution in [2.45, 2.75) is 26.5 Å². The molecule has 0 saturated heterocycles. The molecule has 0 atom stereocenters. The van der Waals surface area contributed by atoms with Crippen LogP contribution in [-0.2, 0) is 17.9 Å². The summed E-state index contributed by atoms with van der Waals surface area (Å²) in [4.78, 5) is 11.6. The Morgan fingerprint density at radius 3 is 2.33 bits per heavy atom. The molecule has 2 aromatic rings. The van der Waals surface area contributed by atoms with Gasteiger partial charge >= 0.3 is 0 Å². The molecule has 0 aliphatic heterocycles. The molecule has 0 radical (unpaired) electrons. The van der Waals surface area contributed by atoms with Gasteiger partial charge < -0.3 is 10.1 Å². The molecule has 3 heteroatoms. The Hall–Kier alpha value is -2.13. The first-order valence-corrected chi connectivity index (χ1v) is 7.17. The third-order valence-electron chi connectivity index (χ3n) is 3.43. The Kier molecular flexibility index (Phi) is 5.52. The lowest BCUT2D eigenvalue weighted by Crippen LogP contribution is -2.04. The number of hydrogen-bond acceptors (Lipinski definition) is 3. The largest absolute Gasteiger partial charge is 0.381 e. The first-order valence-electron chi connectivity index (χ1n) is 7.17. The number of hydrogen-bond donors (Lipinski definition) is 1. The number of ether oxygens (including phenoxy) is 1. The quantitative estimate of drug-likeness (QED) is 0.779. The molecule has 110 valence electrons. The second-order valence-corrected chi connectivity index (χ2v) is 4.91. The van der Waals surface area contributed by atoms with E-state index in [1.807, 2.05) is 43.3 Å². The summed E-state index contributed by atoms with van der Waals surface area (Å²) < 4.78 is 5.21. The molecule has 0 saturated carbocycles. The molecule has 2 rings (SSSR count). The van der Waals surface area contributed by atoms with E-state index in [9.17, 15) is 4.79 Å². The summed E-state index contributed by atoms with van der Waals surface area (Å²) in [5.74, 6) is 0.173. The van der Waals surface area contributed by atoms with Gasteiger partial charge in [0.1, 0.15) is 0 Å². The van der Waals surface area contributed by atoms with Crippen molar-refractivity contribution >= 4 is 11.5 Å². The normalized spacial score (nSPS) is 10.4. The Balaban J connectivity index is 2.01. The molecule has 0 heterocycles. The summed E-state index contributed by atoms with van der Waals surface area (Å²) in [6.45, 7) is 3.23. The highest BCUT2D eigenvalue weighted by atomic mass is 16.5. The van der Waals surface area contributed by atoms with Crippen LogP contribution in [0, 0.1) is 0 Å². The zero-order valence-corrected chi connectivity index (χ0v) is 12.6. The van der Waals surface area contributed by atoms with Gasteiger partial charge in [0.25, 0.3) is 0 Å². The van der Waals surface area contributed by atoms with Crippen LogP contribution in [-0.4, -0.2) is 12.9 Å². The third kappa shape index (κ3) is 4.17. The van der Waals surface area contributed by atoms with Crippen LogP contribution in [0.25, 0.3) is 0 Å². The lowest BCUT2D eigenvalue weighted by molar-refractivity contribution is 0.0988. The number of carbonyl (C=O) groups excluding carboxylic acids is 1. The molecule has 3 nitrogen and oxygen atoms in total. The fourth-order valence-electron chi connectivity index (χ4n) is 2.20. The Labute approximate surface area is 126 Å². The number of benzene rings is 2. The van der Waals surface area contributed by atoms with Gasteiger partial charge in [-0.05, 0) is 35.4 Å². The van der Waals surface area contributed by atoms with Crippen LogP contribution in [0.15, 0.2) is 48.5 Å². The van der Waals surface area contributed by atoms with Gasteiger partial charge in [-0.2, -0.15) is 0 Å². The SMILES string of the molecule is CCC(=O)c1ccc(NCc2ccccc2COC)cc1. The number of ketones is 1. The van der Waals surface area contributed by atoms with Crippen molar-refractivity contribution < 1.29 is 9.53 Å². The number of rotatable bonds is 7. The predicted octanol–water partition coefficient (Wildman–Crippen LogP) is 4.04. The monoisotopic (exact) mass is 283 g/mol. The minimum absolute atomic E-state index is 0.173. The lowest BCUT2D eigenvalue weighted by Gasteiger charge is -2.11. The maximum Gasteiger partial charge on any atom is 0.162 e. The molecule has 0 amide bonds. The van der Waals surface area contributed by atoms with Crippen LogP contribution in [0.1, 0.15) is 34.8 Å². The van der Waals surface area contributed by atoms with E-state index in [2.05, 4.69) is 17.4 Å². The van der Waals surface area contributed by atoms with Crippen molar-refractivity contribution in [3.63, 3.8) is 0 Å². The number of anilines is 1. The summed E-state index contributed by atoms with van der Waals surface area (Å²) in [6.07, 6.45) is 0.539. The first kappa shape index (κ1) is 15.3. The fraction of sp³-hybridized carbons (Fsp3) is 0.278. The number of Topliss-reactive ketones (excluding diaryl/α,β-unsaturated/α-hetero) is 1. The van der Waals surface area contributed by atoms with Crippen molar-refractivity contribution in [3.8, 4) is 0 Å². The van der Waals surface area contributed by atoms with Gasteiger partial charge in [0.15, 0.2) is 5.78 Å². The summed E-state index contributed by atoms with van der Waals surface area (Å²) in [5, 5.41) is 3.38. The van der Waals surface area contributed by atoms with E-state index < -0.39 is 0 Å². The zero-order valence-electron chi connectivity index (χ0n) is 12.6. The van der Waals surface area contributed by atoms with Gasteiger partial charge in [0, 0.05) is 31.3 Å². The smallest absolute Gasteiger partial charge is 0.162 e. The van der Waals surface area contributed by atoms with E-state index in [1.54, 1.807) is 7.11 Å². The molecule has 0 aromatic heterocycles. The average molecular weight is 283 g/mol. The van der Waals surface area contributed by atoms with E-state index in [4.69, 9.17) is 4.74 Å². The maximum absolute atomic E-state index is 11.6. The van der Waals surface area contributed by atoms with Gasteiger partial charge in [-0.15, -0.1) is 0 Å². The molecule has 0 spiro atoms. The van der Waals surface area contributed by atoms with E-state index in [0.29, 0.717) is 13.0 Å². The predicted molar refractivity (Wildman–Crippen MR) is 85.5 cm³/mol. The van der Waals surface area contributed by atoms with E-state index in [0.717, 1.165) is 17.8 Å². The first-order chi connectivity index (χ1) is 10.2. The van der Waals surface area contributed by atoms with Crippen molar-refractivity contribution in [1.29, 1.82) is 0 Å². The van der Waals surface area contributed by atoms with Crippen LogP contribution in [0.4, 0.5) is 5.69 Å². The average Bonchev–Trinajstić information content (AvgIpc) is 2.54. The molecule has 21 heavy (non-hydrogen) atoms. The molecule has 1 N–H and O–H groups in total. The van der Waals surface area contributed by atoms with E-state index >= 15 is 0 Å². The Bertz CT molecular complexity index is 590. The highest BCUT2D eigenvalue weighted by Crippen LogP contribution is 2.15. The van der Waals surface area contributed by atoms with Crippen molar-refractivity contribution in [2.24, 2.45) is 0 Å². The van der Waals surface area contributed by atoms with Crippen molar-refractivity contribution in [2.75, 3.05) is 12.4 Å². The molecule has 0 bridgehead atoms. The van der Waals surface area contributed by atoms with Crippen LogP contribution in [0.3, 0.4) is 0 Å². The number of methoxy groups -OCH3 is 1. The highest BCUT2D eigenvalue weighted by Gasteiger charge is 2.04. The second kappa shape index (κ2) is 7.60. The van der Waals surface area contributed by atoms with Gasteiger partial charge in [-0.3, -0.25) is 4.79 Å². The maximum atomic E-state index is 11.6. The fourth-order valence-corrected chi connectivity index (χ4v) is 2.20. The topological polar surface area (TPSA) is 38.3 Å². The van der Waals surface area contributed by atoms with Crippen LogP contribution < -0.4 is 5.32 Å². The number of carbonyl (C=O) groups is 1. The molecule has 0 fully saturated rings. The Morgan fingerprint density at radius 1 is 1.05 bits per heavy atom. The standard InChI is InChI=1S/C18H21NO2/c1-3-18(20)14-8-10-17(11-9-14)19-12-15-6-4-5-7-16(15)13-21-2/h4-11,19H,3,12-13H2,1-2H3. The van der Waals surface area contributed by atoms with Crippen LogP contribution in [0.2, 0.25) is 0 Å². The summed E-state index contributed by atoms with van der Waals surface area (Å²) in [7, 11) is 1.70. The zero-order chi connectivity index (χ0) is 15.1. The molecule has 0 aliphatic carbocycles. The summed E-state index contributed by atoms with van der Waals surface area (Å²) in [6, 6.07) is 15.8. The molecule has 0 unspecified atom stereocenters. The van der Waals surface area contributed by atoms with Crippen molar-refractivity contribution in [1.82, 2.24) is 0 Å². The minimum Gasteiger partial charge on any atom is -0.381 e. The van der Waals surface area contributed by atoms with Gasteiger partial charge in [0.05, 0.1) is 6.61 Å². The van der Waals surface area contributed by atoms with E-state index in [1.165, 1.54) is 11.1 Å².